The zero-order valence-corrected chi connectivity index (χ0v) is 35.3. The van der Waals surface area contributed by atoms with E-state index in [4.69, 9.17) is 4.98 Å². The number of aromatic nitrogens is 1. The fraction of sp³-hybridized carbons (Fsp3) is 0.0889. The lowest BCUT2D eigenvalue weighted by atomic mass is 10.1. The molecular formula is C45H36Cl3F6NO2P2. The van der Waals surface area contributed by atoms with Crippen LogP contribution in [0.15, 0.2) is 146 Å². The maximum absolute atomic E-state index is 14.6. The maximum atomic E-state index is 14.6. The predicted molar refractivity (Wildman–Crippen MR) is 221 cm³/mol. The fourth-order valence-corrected chi connectivity index (χ4v) is 15.8. The summed E-state index contributed by atoms with van der Waals surface area (Å²) in [5.74, 6) is -3.20. The van der Waals surface area contributed by atoms with Gasteiger partial charge in [-0.2, -0.15) is 0 Å². The summed E-state index contributed by atoms with van der Waals surface area (Å²) in [5.41, 5.74) is 1.22. The van der Waals surface area contributed by atoms with Crippen LogP contribution in [-0.4, -0.2) is 15.2 Å². The van der Waals surface area contributed by atoms with Gasteiger partial charge in [0.1, 0.15) is 99.3 Å². The largest absolute Gasteiger partial charge is 1.00 e. The Balaban J connectivity index is 0.00000256. The van der Waals surface area contributed by atoms with Gasteiger partial charge in [-0.1, -0.05) is 0 Å². The van der Waals surface area contributed by atoms with E-state index in [1.54, 1.807) is 79.7 Å². The second kappa shape index (κ2) is 19.7. The van der Waals surface area contributed by atoms with Crippen molar-refractivity contribution in [3.63, 3.8) is 0 Å². The molecule has 1 aromatic heterocycles. The molecule has 0 amide bonds. The van der Waals surface area contributed by atoms with Crippen LogP contribution in [-0.2, 0) is 18.9 Å². The molecule has 14 heteroatoms. The highest BCUT2D eigenvalue weighted by atomic mass is 35.5. The lowest BCUT2D eigenvalue weighted by Crippen LogP contribution is -3.00. The Bertz CT molecular complexity index is 2260. The van der Waals surface area contributed by atoms with Crippen LogP contribution in [0.5, 0.6) is 5.75 Å². The van der Waals surface area contributed by atoms with E-state index in [-0.39, 0.29) is 66.6 Å². The van der Waals surface area contributed by atoms with Gasteiger partial charge in [0.15, 0.2) is 0 Å². The molecule has 6 aromatic carbocycles. The van der Waals surface area contributed by atoms with Crippen LogP contribution in [0.25, 0.3) is 0 Å². The molecule has 0 saturated heterocycles. The number of rotatable bonds is 11. The fourth-order valence-electron chi connectivity index (χ4n) is 7.42. The molecule has 306 valence electrons. The summed E-state index contributed by atoms with van der Waals surface area (Å²) >= 11 is 0. The summed E-state index contributed by atoms with van der Waals surface area (Å²) in [7, 11) is -6.23. The van der Waals surface area contributed by atoms with E-state index in [0.29, 0.717) is 43.1 Å². The van der Waals surface area contributed by atoms with Gasteiger partial charge in [-0.25, -0.2) is 31.3 Å². The average molecular weight is 905 g/mol. The Morgan fingerprint density at radius 3 is 0.898 bits per heavy atom. The van der Waals surface area contributed by atoms with Crippen molar-refractivity contribution in [3.8, 4) is 5.75 Å². The average Bonchev–Trinajstić information content (AvgIpc) is 3.20. The minimum absolute atomic E-state index is 0. The van der Waals surface area contributed by atoms with Crippen molar-refractivity contribution in [2.75, 3.05) is 0 Å². The molecule has 0 aliphatic carbocycles. The lowest BCUT2D eigenvalue weighted by molar-refractivity contribution is -0.001000. The molecule has 2 N–H and O–H groups in total. The number of halogens is 9. The van der Waals surface area contributed by atoms with E-state index in [2.05, 4.69) is 0 Å². The van der Waals surface area contributed by atoms with Gasteiger partial charge in [0.2, 0.25) is 0 Å². The predicted octanol–water partition coefficient (Wildman–Crippen LogP) is 2.84. The van der Waals surface area contributed by atoms with Crippen molar-refractivity contribution in [2.45, 2.75) is 25.9 Å². The van der Waals surface area contributed by atoms with Gasteiger partial charge in [-0.05, 0) is 153 Å². The zero-order chi connectivity index (χ0) is 39.6. The molecule has 0 bridgehead atoms. The summed E-state index contributed by atoms with van der Waals surface area (Å²) in [6, 6.07) is 35.4. The molecule has 7 rings (SSSR count). The molecular weight excluding hydrogens is 869 g/mol. The normalized spacial score (nSPS) is 11.3. The lowest BCUT2D eigenvalue weighted by Gasteiger charge is -2.31. The van der Waals surface area contributed by atoms with E-state index in [9.17, 15) is 36.6 Å². The topological polar surface area (TPSA) is 53.4 Å². The van der Waals surface area contributed by atoms with Gasteiger partial charge in [-0.15, -0.1) is 12.4 Å². The van der Waals surface area contributed by atoms with Crippen molar-refractivity contribution < 1.29 is 61.4 Å². The number of aliphatic hydroxyl groups excluding tert-OH is 1. The Morgan fingerprint density at radius 2 is 0.661 bits per heavy atom. The van der Waals surface area contributed by atoms with Crippen molar-refractivity contribution in [1.29, 1.82) is 0 Å². The smallest absolute Gasteiger partial charge is 0.142 e. The third kappa shape index (κ3) is 9.32. The second-order valence-electron chi connectivity index (χ2n) is 13.4. The first-order valence-electron chi connectivity index (χ1n) is 17.6. The maximum Gasteiger partial charge on any atom is 0.142 e. The van der Waals surface area contributed by atoms with Crippen molar-refractivity contribution in [1.82, 2.24) is 4.98 Å². The first-order chi connectivity index (χ1) is 26.9. The molecule has 7 aromatic rings. The molecule has 0 aliphatic rings. The molecule has 1 heterocycles. The summed E-state index contributed by atoms with van der Waals surface area (Å²) < 4.78 is 87.6. The van der Waals surface area contributed by atoms with E-state index in [1.807, 2.05) is 0 Å². The molecule has 0 aliphatic heterocycles. The molecule has 0 spiro atoms. The Morgan fingerprint density at radius 1 is 0.424 bits per heavy atom. The number of benzene rings is 6. The number of hydrogen-bond acceptors (Lipinski definition) is 3. The summed E-state index contributed by atoms with van der Waals surface area (Å²) in [6.07, 6.45) is 0.119. The number of aromatic hydroxyl groups is 1. The van der Waals surface area contributed by atoms with E-state index < -0.39 is 56.0 Å². The van der Waals surface area contributed by atoms with Crippen LogP contribution in [0.2, 0.25) is 0 Å². The van der Waals surface area contributed by atoms with Gasteiger partial charge >= 0.3 is 0 Å². The minimum Gasteiger partial charge on any atom is -1.00 e. The second-order valence-corrected chi connectivity index (χ2v) is 20.4. The summed E-state index contributed by atoms with van der Waals surface area (Å²) in [6.45, 7) is 0.973. The van der Waals surface area contributed by atoms with Gasteiger partial charge < -0.3 is 35.0 Å². The number of aryl methyl sites for hydroxylation is 1. The summed E-state index contributed by atoms with van der Waals surface area (Å²) in [5, 5.41) is 26.6. The number of hydrogen-bond donors (Lipinski definition) is 2. The van der Waals surface area contributed by atoms with Gasteiger partial charge in [0, 0.05) is 11.1 Å². The highest BCUT2D eigenvalue weighted by Crippen LogP contribution is 2.62. The minimum atomic E-state index is -3.14. The van der Waals surface area contributed by atoms with Crippen LogP contribution in [0.4, 0.5) is 26.3 Å². The molecule has 3 nitrogen and oxygen atoms in total. The van der Waals surface area contributed by atoms with Crippen LogP contribution in [0.1, 0.15) is 22.5 Å². The van der Waals surface area contributed by atoms with Gasteiger partial charge in [0.25, 0.3) is 0 Å². The monoisotopic (exact) mass is 903 g/mol. The Labute approximate surface area is 358 Å². The molecule has 0 saturated carbocycles. The zero-order valence-electron chi connectivity index (χ0n) is 31.1. The Kier molecular flexibility index (Phi) is 15.8. The van der Waals surface area contributed by atoms with Crippen molar-refractivity contribution in [3.05, 3.63) is 203 Å². The third-order valence-electron chi connectivity index (χ3n) is 10.2. The van der Waals surface area contributed by atoms with E-state index in [0.717, 1.165) is 0 Å². The van der Waals surface area contributed by atoms with Gasteiger partial charge in [-0.3, -0.25) is 0 Å². The Hall–Kier alpha value is -4.46. The van der Waals surface area contributed by atoms with Crippen LogP contribution < -0.4 is 56.6 Å². The first-order valence-corrected chi connectivity index (χ1v) is 21.5. The quantitative estimate of drug-likeness (QED) is 0.155. The molecule has 0 unspecified atom stereocenters. The number of pyridine rings is 1. The SMILES string of the molecule is Cc1nc(C[P+](c2ccc(F)cc2)(c2ccc(F)cc2)c2ccc(F)cc2)c(C[P+](c2ccc(F)cc2)(c2ccc(F)cc2)c2ccc(F)cc2)c(CO)c1O.Cl.[Cl-].[Cl-]. The van der Waals surface area contributed by atoms with Crippen molar-refractivity contribution in [2.24, 2.45) is 0 Å². The third-order valence-corrected chi connectivity index (χ3v) is 18.8. The highest BCUT2D eigenvalue weighted by molar-refractivity contribution is 7.95. The van der Waals surface area contributed by atoms with Crippen LogP contribution >= 0.6 is 26.9 Å². The molecule has 0 fully saturated rings. The van der Waals surface area contributed by atoms with E-state index in [1.165, 1.54) is 72.8 Å². The molecule has 0 atom stereocenters. The standard InChI is InChI=1S/C45H34F6NO2P2.3ClH/c1-29-45(54)42(26-53)43(27-55(36-14-2-30(46)3-15-36,37-16-4-31(47)5-17-37)38-18-6-32(48)7-19-38)44(52-29)28-56(39-20-8-33(49)9-21-39,40-22-10-34(50)11-23-40)41-24-12-35(51)13-25-41;;;/h2-25,53H,26-28H2,1H3;3*1H/q+1;;;/p-1. The highest BCUT2D eigenvalue weighted by Gasteiger charge is 2.50. The number of aliphatic hydroxyl groups is 1. The van der Waals surface area contributed by atoms with Gasteiger partial charge in [0.05, 0.1) is 18.0 Å². The first kappa shape index (κ1) is 47.2. The van der Waals surface area contributed by atoms with Crippen molar-refractivity contribution >= 4 is 58.8 Å². The summed E-state index contributed by atoms with van der Waals surface area (Å²) in [4.78, 5) is 4.99. The van der Waals surface area contributed by atoms with Crippen LogP contribution in [0, 0.1) is 41.8 Å². The van der Waals surface area contributed by atoms with Crippen LogP contribution in [0.3, 0.4) is 0 Å². The molecule has 0 radical (unpaired) electrons. The van der Waals surface area contributed by atoms with E-state index >= 15 is 0 Å². The molecule has 59 heavy (non-hydrogen) atoms. The number of nitrogens with zero attached hydrogens (tertiary/aromatic N) is 1.